The number of hydrogen-bond donors (Lipinski definition) is 0. The van der Waals surface area contributed by atoms with Crippen LogP contribution < -0.4 is 4.90 Å². The standard InChI is InChI=1S/C20H23ClN2O/c1-15-6-7-19(16(2)12-15)20(24)14-22-8-10-23(11-9-22)18-5-3-4-17(21)13-18/h3-7,12-13H,8-11,14H2,1-2H3. The summed E-state index contributed by atoms with van der Waals surface area (Å²) in [7, 11) is 0. The summed E-state index contributed by atoms with van der Waals surface area (Å²) < 4.78 is 0. The van der Waals surface area contributed by atoms with E-state index in [1.54, 1.807) is 0 Å². The largest absolute Gasteiger partial charge is 0.369 e. The number of piperazine rings is 1. The normalized spacial score (nSPS) is 15.5. The van der Waals surface area contributed by atoms with Gasteiger partial charge in [0.15, 0.2) is 5.78 Å². The number of anilines is 1. The van der Waals surface area contributed by atoms with Crippen LogP contribution in [-0.4, -0.2) is 43.4 Å². The van der Waals surface area contributed by atoms with Crippen molar-refractivity contribution in [2.75, 3.05) is 37.6 Å². The van der Waals surface area contributed by atoms with Crippen LogP contribution >= 0.6 is 11.6 Å². The first-order valence-corrected chi connectivity index (χ1v) is 8.74. The first-order chi connectivity index (χ1) is 11.5. The van der Waals surface area contributed by atoms with Gasteiger partial charge in [-0.25, -0.2) is 0 Å². The highest BCUT2D eigenvalue weighted by molar-refractivity contribution is 6.30. The van der Waals surface area contributed by atoms with Crippen LogP contribution in [0.25, 0.3) is 0 Å². The number of halogens is 1. The Bertz CT molecular complexity index is 736. The van der Waals surface area contributed by atoms with E-state index < -0.39 is 0 Å². The molecule has 2 aromatic carbocycles. The fraction of sp³-hybridized carbons (Fsp3) is 0.350. The number of carbonyl (C=O) groups is 1. The average Bonchev–Trinajstić information content (AvgIpc) is 2.55. The molecular formula is C20H23ClN2O. The molecule has 2 aromatic rings. The molecular weight excluding hydrogens is 320 g/mol. The number of benzene rings is 2. The van der Waals surface area contributed by atoms with Crippen LogP contribution in [-0.2, 0) is 0 Å². The van der Waals surface area contributed by atoms with E-state index in [0.717, 1.165) is 48.0 Å². The summed E-state index contributed by atoms with van der Waals surface area (Å²) in [6, 6.07) is 14.0. The van der Waals surface area contributed by atoms with Gasteiger partial charge in [-0.05, 0) is 37.6 Å². The van der Waals surface area contributed by atoms with Crippen molar-refractivity contribution in [2.24, 2.45) is 0 Å². The Kier molecular flexibility index (Phi) is 5.22. The first kappa shape index (κ1) is 17.0. The number of ketones is 1. The molecule has 126 valence electrons. The van der Waals surface area contributed by atoms with Gasteiger partial charge in [0.25, 0.3) is 0 Å². The van der Waals surface area contributed by atoms with Gasteiger partial charge >= 0.3 is 0 Å². The van der Waals surface area contributed by atoms with Crippen molar-refractivity contribution in [3.05, 3.63) is 64.2 Å². The van der Waals surface area contributed by atoms with Gasteiger partial charge in [-0.15, -0.1) is 0 Å². The topological polar surface area (TPSA) is 23.6 Å². The number of nitrogens with zero attached hydrogens (tertiary/aromatic N) is 2. The second kappa shape index (κ2) is 7.37. The Balaban J connectivity index is 1.58. The van der Waals surface area contributed by atoms with Crippen molar-refractivity contribution in [3.63, 3.8) is 0 Å². The van der Waals surface area contributed by atoms with Gasteiger partial charge in [0, 0.05) is 42.5 Å². The van der Waals surface area contributed by atoms with E-state index in [1.807, 2.05) is 37.3 Å². The quantitative estimate of drug-likeness (QED) is 0.786. The molecule has 0 amide bonds. The Morgan fingerprint density at radius 1 is 1.04 bits per heavy atom. The lowest BCUT2D eigenvalue weighted by molar-refractivity contribution is 0.0926. The lowest BCUT2D eigenvalue weighted by atomic mass is 10.0. The highest BCUT2D eigenvalue weighted by Crippen LogP contribution is 2.21. The fourth-order valence-corrected chi connectivity index (χ4v) is 3.44. The van der Waals surface area contributed by atoms with Crippen molar-refractivity contribution < 1.29 is 4.79 Å². The summed E-state index contributed by atoms with van der Waals surface area (Å²) in [5.41, 5.74) is 4.26. The van der Waals surface area contributed by atoms with Crippen molar-refractivity contribution >= 4 is 23.1 Å². The van der Waals surface area contributed by atoms with Crippen molar-refractivity contribution in [3.8, 4) is 0 Å². The van der Waals surface area contributed by atoms with Gasteiger partial charge in [0.05, 0.1) is 6.54 Å². The van der Waals surface area contributed by atoms with Crippen LogP contribution in [0.15, 0.2) is 42.5 Å². The third kappa shape index (κ3) is 3.97. The molecule has 1 aliphatic rings. The van der Waals surface area contributed by atoms with E-state index in [1.165, 1.54) is 5.56 Å². The fourth-order valence-electron chi connectivity index (χ4n) is 3.25. The number of aryl methyl sites for hydroxylation is 2. The SMILES string of the molecule is Cc1ccc(C(=O)CN2CCN(c3cccc(Cl)c3)CC2)c(C)c1. The minimum Gasteiger partial charge on any atom is -0.369 e. The van der Waals surface area contributed by atoms with E-state index in [4.69, 9.17) is 11.6 Å². The van der Waals surface area contributed by atoms with Gasteiger partial charge in [0.2, 0.25) is 0 Å². The molecule has 0 aliphatic carbocycles. The molecule has 0 saturated carbocycles. The zero-order chi connectivity index (χ0) is 17.1. The minimum absolute atomic E-state index is 0.212. The number of rotatable bonds is 4. The zero-order valence-electron chi connectivity index (χ0n) is 14.3. The summed E-state index contributed by atoms with van der Waals surface area (Å²) in [5, 5.41) is 0.764. The summed E-state index contributed by atoms with van der Waals surface area (Å²) in [6.45, 7) is 8.17. The van der Waals surface area contributed by atoms with Gasteiger partial charge in [-0.2, -0.15) is 0 Å². The maximum atomic E-state index is 12.6. The summed E-state index contributed by atoms with van der Waals surface area (Å²) in [6.07, 6.45) is 0. The smallest absolute Gasteiger partial charge is 0.177 e. The van der Waals surface area contributed by atoms with E-state index in [-0.39, 0.29) is 5.78 Å². The van der Waals surface area contributed by atoms with Crippen LogP contribution in [0.1, 0.15) is 21.5 Å². The van der Waals surface area contributed by atoms with E-state index in [2.05, 4.69) is 28.9 Å². The molecule has 0 radical (unpaired) electrons. The highest BCUT2D eigenvalue weighted by Gasteiger charge is 2.20. The predicted molar refractivity (Wildman–Crippen MR) is 100 cm³/mol. The number of carbonyl (C=O) groups excluding carboxylic acids is 1. The molecule has 0 spiro atoms. The van der Waals surface area contributed by atoms with Gasteiger partial charge in [0.1, 0.15) is 0 Å². The molecule has 1 aliphatic heterocycles. The van der Waals surface area contributed by atoms with E-state index in [0.29, 0.717) is 6.54 Å². The molecule has 1 saturated heterocycles. The van der Waals surface area contributed by atoms with Crippen molar-refractivity contribution in [1.82, 2.24) is 4.90 Å². The third-order valence-electron chi connectivity index (χ3n) is 4.60. The minimum atomic E-state index is 0.212. The molecule has 0 atom stereocenters. The zero-order valence-corrected chi connectivity index (χ0v) is 15.0. The molecule has 0 bridgehead atoms. The molecule has 3 rings (SSSR count). The van der Waals surface area contributed by atoms with E-state index in [9.17, 15) is 4.79 Å². The molecule has 24 heavy (non-hydrogen) atoms. The van der Waals surface area contributed by atoms with Gasteiger partial charge < -0.3 is 4.90 Å². The number of Topliss-reactive ketones (excluding diaryl/α,β-unsaturated/α-hetero) is 1. The van der Waals surface area contributed by atoms with Crippen LogP contribution in [0.3, 0.4) is 0 Å². The van der Waals surface area contributed by atoms with Crippen molar-refractivity contribution in [1.29, 1.82) is 0 Å². The van der Waals surface area contributed by atoms with Crippen LogP contribution in [0.5, 0.6) is 0 Å². The second-order valence-corrected chi connectivity index (χ2v) is 6.92. The van der Waals surface area contributed by atoms with Gasteiger partial charge in [-0.3, -0.25) is 9.69 Å². The number of hydrogen-bond acceptors (Lipinski definition) is 3. The summed E-state index contributed by atoms with van der Waals surface area (Å²) in [5.74, 6) is 0.212. The predicted octanol–water partition coefficient (Wildman–Crippen LogP) is 3.96. The summed E-state index contributed by atoms with van der Waals surface area (Å²) in [4.78, 5) is 17.1. The molecule has 0 aromatic heterocycles. The van der Waals surface area contributed by atoms with Crippen LogP contribution in [0.4, 0.5) is 5.69 Å². The molecule has 1 heterocycles. The van der Waals surface area contributed by atoms with Crippen LogP contribution in [0.2, 0.25) is 5.02 Å². The lowest BCUT2D eigenvalue weighted by Crippen LogP contribution is -2.48. The maximum absolute atomic E-state index is 12.6. The Morgan fingerprint density at radius 2 is 1.79 bits per heavy atom. The Hall–Kier alpha value is -1.84. The highest BCUT2D eigenvalue weighted by atomic mass is 35.5. The summed E-state index contributed by atoms with van der Waals surface area (Å²) >= 11 is 6.07. The monoisotopic (exact) mass is 342 g/mol. The maximum Gasteiger partial charge on any atom is 0.177 e. The van der Waals surface area contributed by atoms with Crippen molar-refractivity contribution in [2.45, 2.75) is 13.8 Å². The lowest BCUT2D eigenvalue weighted by Gasteiger charge is -2.35. The second-order valence-electron chi connectivity index (χ2n) is 6.48. The Labute approximate surface area is 148 Å². The van der Waals surface area contributed by atoms with Crippen LogP contribution in [0, 0.1) is 13.8 Å². The van der Waals surface area contributed by atoms with E-state index >= 15 is 0 Å². The molecule has 1 fully saturated rings. The molecule has 0 unspecified atom stereocenters. The molecule has 0 N–H and O–H groups in total. The third-order valence-corrected chi connectivity index (χ3v) is 4.83. The molecule has 3 nitrogen and oxygen atoms in total. The molecule has 4 heteroatoms. The van der Waals surface area contributed by atoms with Gasteiger partial charge in [-0.1, -0.05) is 41.4 Å². The first-order valence-electron chi connectivity index (χ1n) is 8.36. The average molecular weight is 343 g/mol. The Morgan fingerprint density at radius 3 is 2.46 bits per heavy atom.